The first kappa shape index (κ1) is 16.5. The minimum absolute atomic E-state index is 0.0574. The number of carbonyl (C=O) groups excluding carboxylic acids is 1. The molecule has 0 saturated carbocycles. The molecule has 1 N–H and O–H groups in total. The van der Waals surface area contributed by atoms with Gasteiger partial charge in [-0.3, -0.25) is 9.69 Å². The van der Waals surface area contributed by atoms with Crippen molar-refractivity contribution < 1.29 is 13.9 Å². The number of ether oxygens (including phenoxy) is 1. The van der Waals surface area contributed by atoms with Gasteiger partial charge in [-0.05, 0) is 23.8 Å². The van der Waals surface area contributed by atoms with Crippen molar-refractivity contribution in [3.05, 3.63) is 66.1 Å². The summed E-state index contributed by atoms with van der Waals surface area (Å²) in [7, 11) is 0. The molecule has 0 unspecified atom stereocenters. The molecule has 5 nitrogen and oxygen atoms in total. The maximum absolute atomic E-state index is 12.3. The van der Waals surface area contributed by atoms with Crippen molar-refractivity contribution in [2.45, 2.75) is 6.04 Å². The second-order valence-corrected chi connectivity index (χ2v) is 5.73. The van der Waals surface area contributed by atoms with E-state index in [0.29, 0.717) is 5.76 Å². The topological polar surface area (TPSA) is 54.7 Å². The molecular weight excluding hydrogens is 304 g/mol. The number of furan rings is 1. The van der Waals surface area contributed by atoms with E-state index in [-0.39, 0.29) is 11.9 Å². The van der Waals surface area contributed by atoms with Gasteiger partial charge in [-0.2, -0.15) is 0 Å². The lowest BCUT2D eigenvalue weighted by Crippen LogP contribution is -2.42. The second-order valence-electron chi connectivity index (χ2n) is 5.73. The average molecular weight is 326 g/mol. The normalized spacial score (nSPS) is 17.0. The van der Waals surface area contributed by atoms with Crippen LogP contribution in [-0.4, -0.2) is 43.7 Å². The highest BCUT2D eigenvalue weighted by Crippen LogP contribution is 2.15. The lowest BCUT2D eigenvalue weighted by molar-refractivity contribution is -0.117. The van der Waals surface area contributed by atoms with E-state index in [1.54, 1.807) is 18.4 Å². The Kier molecular flexibility index (Phi) is 5.82. The zero-order valence-corrected chi connectivity index (χ0v) is 13.6. The van der Waals surface area contributed by atoms with E-state index in [2.05, 4.69) is 10.2 Å². The van der Waals surface area contributed by atoms with Crippen LogP contribution in [-0.2, 0) is 9.53 Å². The Hall–Kier alpha value is -2.37. The molecule has 24 heavy (non-hydrogen) atoms. The van der Waals surface area contributed by atoms with E-state index < -0.39 is 0 Å². The number of carbonyl (C=O) groups is 1. The smallest absolute Gasteiger partial charge is 0.244 e. The van der Waals surface area contributed by atoms with Crippen LogP contribution in [0.1, 0.15) is 17.4 Å². The Morgan fingerprint density at radius 2 is 1.96 bits per heavy atom. The van der Waals surface area contributed by atoms with Gasteiger partial charge in [0.25, 0.3) is 0 Å². The summed E-state index contributed by atoms with van der Waals surface area (Å²) in [5, 5.41) is 3.09. The molecule has 1 aromatic heterocycles. The van der Waals surface area contributed by atoms with Crippen LogP contribution in [0.15, 0.2) is 59.2 Å². The first-order chi connectivity index (χ1) is 11.8. The van der Waals surface area contributed by atoms with Crippen molar-refractivity contribution in [2.24, 2.45) is 0 Å². The fourth-order valence-electron chi connectivity index (χ4n) is 2.73. The van der Waals surface area contributed by atoms with Crippen molar-refractivity contribution in [3.63, 3.8) is 0 Å². The summed E-state index contributed by atoms with van der Waals surface area (Å²) in [4.78, 5) is 14.6. The van der Waals surface area contributed by atoms with Gasteiger partial charge in [0.1, 0.15) is 5.76 Å². The number of rotatable bonds is 6. The van der Waals surface area contributed by atoms with Crippen molar-refractivity contribution in [1.29, 1.82) is 0 Å². The third-order valence-corrected chi connectivity index (χ3v) is 4.01. The van der Waals surface area contributed by atoms with Crippen LogP contribution in [0.2, 0.25) is 0 Å². The molecule has 3 rings (SSSR count). The Bertz CT molecular complexity index is 647. The predicted molar refractivity (Wildman–Crippen MR) is 92.3 cm³/mol. The molecule has 1 atom stereocenters. The number of nitrogens with zero attached hydrogens (tertiary/aromatic N) is 1. The van der Waals surface area contributed by atoms with E-state index >= 15 is 0 Å². The van der Waals surface area contributed by atoms with Gasteiger partial charge in [-0.1, -0.05) is 30.3 Å². The summed E-state index contributed by atoms with van der Waals surface area (Å²) in [5.41, 5.74) is 1.10. The van der Waals surface area contributed by atoms with Crippen molar-refractivity contribution in [3.8, 4) is 0 Å². The minimum Gasteiger partial charge on any atom is -0.465 e. The monoisotopic (exact) mass is 326 g/mol. The summed E-state index contributed by atoms with van der Waals surface area (Å²) in [6.07, 6.45) is 4.77. The van der Waals surface area contributed by atoms with E-state index in [9.17, 15) is 4.79 Å². The Balaban J connectivity index is 1.66. The van der Waals surface area contributed by atoms with E-state index in [0.717, 1.165) is 38.4 Å². The van der Waals surface area contributed by atoms with Gasteiger partial charge in [0.2, 0.25) is 5.91 Å². The van der Waals surface area contributed by atoms with E-state index in [4.69, 9.17) is 9.15 Å². The number of amides is 1. The molecule has 0 aliphatic carbocycles. The predicted octanol–water partition coefficient (Wildman–Crippen LogP) is 2.48. The van der Waals surface area contributed by atoms with Crippen molar-refractivity contribution in [2.75, 3.05) is 32.8 Å². The fourth-order valence-corrected chi connectivity index (χ4v) is 2.73. The molecule has 1 amide bonds. The lowest BCUT2D eigenvalue weighted by Gasteiger charge is -2.30. The largest absolute Gasteiger partial charge is 0.465 e. The third kappa shape index (κ3) is 4.81. The molecule has 126 valence electrons. The van der Waals surface area contributed by atoms with Gasteiger partial charge in [-0.15, -0.1) is 0 Å². The Morgan fingerprint density at radius 3 is 2.67 bits per heavy atom. The highest BCUT2D eigenvalue weighted by molar-refractivity contribution is 5.91. The molecule has 2 heterocycles. The van der Waals surface area contributed by atoms with Crippen LogP contribution in [0.3, 0.4) is 0 Å². The highest BCUT2D eigenvalue weighted by atomic mass is 16.5. The number of nitrogens with one attached hydrogen (secondary N) is 1. The van der Waals surface area contributed by atoms with Gasteiger partial charge in [-0.25, -0.2) is 0 Å². The quantitative estimate of drug-likeness (QED) is 0.829. The molecule has 0 spiro atoms. The minimum atomic E-state index is -0.131. The molecule has 1 saturated heterocycles. The van der Waals surface area contributed by atoms with Gasteiger partial charge in [0.15, 0.2) is 0 Å². The van der Waals surface area contributed by atoms with Crippen LogP contribution >= 0.6 is 0 Å². The van der Waals surface area contributed by atoms with Crippen LogP contribution in [0.25, 0.3) is 6.08 Å². The van der Waals surface area contributed by atoms with Crippen molar-refractivity contribution >= 4 is 12.0 Å². The fraction of sp³-hybridized carbons (Fsp3) is 0.316. The van der Waals surface area contributed by atoms with E-state index in [1.165, 1.54) is 6.08 Å². The maximum Gasteiger partial charge on any atom is 0.244 e. The Labute approximate surface area is 141 Å². The third-order valence-electron chi connectivity index (χ3n) is 4.01. The SMILES string of the molecule is O=C(/C=C/c1ccco1)N[C@H](CN1CCOCC1)c1ccccc1. The first-order valence-corrected chi connectivity index (χ1v) is 8.18. The standard InChI is InChI=1S/C19H22N2O3/c22-19(9-8-17-7-4-12-24-17)20-18(16-5-2-1-3-6-16)15-21-10-13-23-14-11-21/h1-9,12,18H,10-11,13-15H2,(H,20,22)/b9-8+/t18-/m1/s1. The molecule has 1 fully saturated rings. The molecule has 1 aromatic carbocycles. The maximum atomic E-state index is 12.3. The summed E-state index contributed by atoms with van der Waals surface area (Å²) >= 11 is 0. The van der Waals surface area contributed by atoms with Gasteiger partial charge in [0.05, 0.1) is 25.5 Å². The number of hydrogen-bond acceptors (Lipinski definition) is 4. The van der Waals surface area contributed by atoms with Crippen LogP contribution in [0, 0.1) is 0 Å². The highest BCUT2D eigenvalue weighted by Gasteiger charge is 2.19. The van der Waals surface area contributed by atoms with Crippen molar-refractivity contribution in [1.82, 2.24) is 10.2 Å². The van der Waals surface area contributed by atoms with E-state index in [1.807, 2.05) is 36.4 Å². The molecule has 5 heteroatoms. The molecule has 0 bridgehead atoms. The second kappa shape index (κ2) is 8.47. The average Bonchev–Trinajstić information content (AvgIpc) is 3.15. The Morgan fingerprint density at radius 1 is 1.17 bits per heavy atom. The van der Waals surface area contributed by atoms with Crippen LogP contribution < -0.4 is 5.32 Å². The zero-order chi connectivity index (χ0) is 16.6. The van der Waals surface area contributed by atoms with Gasteiger partial charge in [0, 0.05) is 25.7 Å². The van der Waals surface area contributed by atoms with Gasteiger partial charge < -0.3 is 14.5 Å². The summed E-state index contributed by atoms with van der Waals surface area (Å²) in [5.74, 6) is 0.531. The first-order valence-electron chi connectivity index (χ1n) is 8.18. The number of benzene rings is 1. The molecule has 2 aromatic rings. The molecular formula is C19H22N2O3. The molecule has 0 radical (unpaired) electrons. The molecule has 1 aliphatic heterocycles. The van der Waals surface area contributed by atoms with Crippen LogP contribution in [0.5, 0.6) is 0 Å². The van der Waals surface area contributed by atoms with Gasteiger partial charge >= 0.3 is 0 Å². The summed E-state index contributed by atoms with van der Waals surface area (Å²) < 4.78 is 10.6. The number of hydrogen-bond donors (Lipinski definition) is 1. The zero-order valence-electron chi connectivity index (χ0n) is 13.6. The lowest BCUT2D eigenvalue weighted by atomic mass is 10.1. The molecule has 1 aliphatic rings. The summed E-state index contributed by atoms with van der Waals surface area (Å²) in [6, 6.07) is 13.6. The number of morpholine rings is 1. The van der Waals surface area contributed by atoms with Crippen LogP contribution in [0.4, 0.5) is 0 Å². The summed E-state index contributed by atoms with van der Waals surface area (Å²) in [6.45, 7) is 4.04.